The van der Waals surface area contributed by atoms with Gasteiger partial charge in [-0.2, -0.15) is 0 Å². The van der Waals surface area contributed by atoms with Crippen LogP contribution >= 0.6 is 0 Å². The van der Waals surface area contributed by atoms with Crippen molar-refractivity contribution in [1.29, 1.82) is 0 Å². The first kappa shape index (κ1) is 4.90. The first-order valence-corrected chi connectivity index (χ1v) is 2.08. The second kappa shape index (κ2) is 1.69. The molecule has 8 heavy (non-hydrogen) atoms. The highest BCUT2D eigenvalue weighted by Crippen LogP contribution is 1.71. The van der Waals surface area contributed by atoms with Gasteiger partial charge in [-0.1, -0.05) is 0 Å². The van der Waals surface area contributed by atoms with E-state index in [0.29, 0.717) is 0 Å². The topological polar surface area (TPSA) is 42.2 Å². The van der Waals surface area contributed by atoms with Crippen molar-refractivity contribution in [2.24, 2.45) is 0 Å². The molecule has 0 atom stereocenters. The van der Waals surface area contributed by atoms with Gasteiger partial charge in [-0.05, 0) is 0 Å². The minimum Gasteiger partial charge on any atom is -0.429 e. The molecule has 3 heteroatoms. The fraction of sp³-hybridized carbons (Fsp3) is 0. The molecule has 1 radical (unpaired) electrons. The van der Waals surface area contributed by atoms with E-state index in [1.54, 1.807) is 0 Å². The highest BCUT2D eigenvalue weighted by molar-refractivity contribution is 4.89. The third-order valence-electron chi connectivity index (χ3n) is 0.718. The molecule has 0 saturated carbocycles. The predicted molar refractivity (Wildman–Crippen MR) is 26.7 cm³/mol. The smallest absolute Gasteiger partial charge is 0.189 e. The molecule has 1 N–H and O–H groups in total. The molecule has 0 amide bonds. The van der Waals surface area contributed by atoms with Crippen LogP contribution in [0.2, 0.25) is 0 Å². The predicted octanol–water partition coefficient (Wildman–Crippen LogP) is -0.114. The lowest BCUT2D eigenvalue weighted by molar-refractivity contribution is 0.184. The molecule has 1 heterocycles. The molecule has 3 nitrogen and oxygen atoms in total. The van der Waals surface area contributed by atoms with Crippen molar-refractivity contribution in [2.75, 3.05) is 0 Å². The van der Waals surface area contributed by atoms with Gasteiger partial charge in [-0.15, -0.1) is 0 Å². The summed E-state index contributed by atoms with van der Waals surface area (Å²) in [6, 6.07) is 3.48. The molecule has 0 bridgehead atoms. The summed E-state index contributed by atoms with van der Waals surface area (Å²) in [6.45, 7) is 0. The molecule has 0 unspecified atom stereocenters. The normalized spacial score (nSPS) is 9.00. The van der Waals surface area contributed by atoms with Crippen LogP contribution in [-0.4, -0.2) is 9.94 Å². The van der Waals surface area contributed by atoms with Crippen molar-refractivity contribution in [3.8, 4) is 0 Å². The standard InChI is InChI=1S/C5H4NO2/c7-5-1-3-6(8)4-2-5/h1,3-4,8H. The van der Waals surface area contributed by atoms with Crippen LogP contribution in [0, 0.1) is 6.07 Å². The Morgan fingerprint density at radius 3 is 2.88 bits per heavy atom. The Hall–Kier alpha value is -1.25. The highest BCUT2D eigenvalue weighted by atomic mass is 16.5. The maximum atomic E-state index is 10.2. The zero-order valence-corrected chi connectivity index (χ0v) is 4.03. The number of hydrogen-bond donors (Lipinski definition) is 1. The second-order valence-corrected chi connectivity index (χ2v) is 1.33. The molecule has 1 rings (SSSR count). The minimum atomic E-state index is -0.227. The summed E-state index contributed by atoms with van der Waals surface area (Å²) >= 11 is 0. The minimum absolute atomic E-state index is 0.227. The average molecular weight is 110 g/mol. The van der Waals surface area contributed by atoms with Gasteiger partial charge in [0.2, 0.25) is 0 Å². The lowest BCUT2D eigenvalue weighted by atomic mass is 10.5. The van der Waals surface area contributed by atoms with Crippen LogP contribution < -0.4 is 5.43 Å². The Morgan fingerprint density at radius 1 is 1.75 bits per heavy atom. The van der Waals surface area contributed by atoms with Gasteiger partial charge in [0.15, 0.2) is 5.43 Å². The number of pyridine rings is 1. The van der Waals surface area contributed by atoms with Crippen molar-refractivity contribution in [3.05, 3.63) is 34.7 Å². The fourth-order valence-electron chi connectivity index (χ4n) is 0.365. The van der Waals surface area contributed by atoms with Gasteiger partial charge in [-0.3, -0.25) is 4.79 Å². The van der Waals surface area contributed by atoms with Gasteiger partial charge in [0.05, 0.1) is 12.3 Å². The summed E-state index contributed by atoms with van der Waals surface area (Å²) in [7, 11) is 0. The Balaban J connectivity index is 3.22. The van der Waals surface area contributed by atoms with E-state index in [2.05, 4.69) is 6.07 Å². The van der Waals surface area contributed by atoms with Gasteiger partial charge < -0.3 is 5.21 Å². The Morgan fingerprint density at radius 2 is 2.50 bits per heavy atom. The number of hydrogen-bond acceptors (Lipinski definition) is 2. The van der Waals surface area contributed by atoms with Crippen LogP contribution in [0.15, 0.2) is 23.3 Å². The van der Waals surface area contributed by atoms with E-state index in [1.165, 1.54) is 12.3 Å². The molecule has 0 aliphatic rings. The molecule has 0 aliphatic heterocycles. The Labute approximate surface area is 45.8 Å². The van der Waals surface area contributed by atoms with Crippen LogP contribution in [0.5, 0.6) is 0 Å². The van der Waals surface area contributed by atoms with Crippen LogP contribution in [0.25, 0.3) is 0 Å². The van der Waals surface area contributed by atoms with Crippen LogP contribution in [0.4, 0.5) is 0 Å². The Kier molecular flexibility index (Phi) is 1.04. The molecule has 0 saturated heterocycles. The van der Waals surface area contributed by atoms with Gasteiger partial charge >= 0.3 is 0 Å². The maximum Gasteiger partial charge on any atom is 0.189 e. The van der Waals surface area contributed by atoms with Gasteiger partial charge in [0, 0.05) is 12.3 Å². The first-order chi connectivity index (χ1) is 3.79. The summed E-state index contributed by atoms with van der Waals surface area (Å²) in [5.74, 6) is 0. The largest absolute Gasteiger partial charge is 0.429 e. The summed E-state index contributed by atoms with van der Waals surface area (Å²) in [5.41, 5.74) is -0.227. The zero-order valence-electron chi connectivity index (χ0n) is 4.03. The molecule has 1 aromatic rings. The average Bonchev–Trinajstić information content (AvgIpc) is 1.77. The summed E-state index contributed by atoms with van der Waals surface area (Å²) in [5, 5.41) is 8.50. The lowest BCUT2D eigenvalue weighted by Gasteiger charge is -1.88. The van der Waals surface area contributed by atoms with Crippen molar-refractivity contribution in [3.63, 3.8) is 0 Å². The number of rotatable bonds is 0. The molecular formula is C5H4NO2. The maximum absolute atomic E-state index is 10.2. The van der Waals surface area contributed by atoms with Gasteiger partial charge in [0.1, 0.15) is 0 Å². The third kappa shape index (κ3) is 0.872. The number of aromatic nitrogens is 1. The lowest BCUT2D eigenvalue weighted by Crippen LogP contribution is -2.00. The van der Waals surface area contributed by atoms with E-state index in [-0.39, 0.29) is 5.43 Å². The van der Waals surface area contributed by atoms with E-state index in [0.717, 1.165) is 10.9 Å². The van der Waals surface area contributed by atoms with E-state index in [1.807, 2.05) is 0 Å². The monoisotopic (exact) mass is 110 g/mol. The van der Waals surface area contributed by atoms with Gasteiger partial charge in [0.25, 0.3) is 0 Å². The van der Waals surface area contributed by atoms with E-state index in [4.69, 9.17) is 5.21 Å². The summed E-state index contributed by atoms with van der Waals surface area (Å²) in [6.07, 6.45) is 2.40. The van der Waals surface area contributed by atoms with Gasteiger partial charge in [-0.25, -0.2) is 4.73 Å². The fourth-order valence-corrected chi connectivity index (χ4v) is 0.365. The van der Waals surface area contributed by atoms with E-state index < -0.39 is 0 Å². The van der Waals surface area contributed by atoms with Crippen LogP contribution in [0.3, 0.4) is 0 Å². The first-order valence-electron chi connectivity index (χ1n) is 2.08. The Bertz CT molecular complexity index is 208. The molecule has 41 valence electrons. The molecular weight excluding hydrogens is 106 g/mol. The third-order valence-corrected chi connectivity index (χ3v) is 0.718. The zero-order chi connectivity index (χ0) is 5.98. The quantitative estimate of drug-likeness (QED) is 0.473. The molecule has 0 aliphatic carbocycles. The molecule has 0 aromatic carbocycles. The highest BCUT2D eigenvalue weighted by Gasteiger charge is 1.79. The van der Waals surface area contributed by atoms with Crippen molar-refractivity contribution < 1.29 is 5.21 Å². The van der Waals surface area contributed by atoms with Crippen LogP contribution in [0.1, 0.15) is 0 Å². The van der Waals surface area contributed by atoms with Crippen LogP contribution in [-0.2, 0) is 0 Å². The van der Waals surface area contributed by atoms with Crippen molar-refractivity contribution in [1.82, 2.24) is 4.73 Å². The molecule has 1 aromatic heterocycles. The van der Waals surface area contributed by atoms with Crippen molar-refractivity contribution in [2.45, 2.75) is 0 Å². The molecule has 0 spiro atoms. The SMILES string of the molecule is O=c1[c]cn(O)cc1. The van der Waals surface area contributed by atoms with Crippen molar-refractivity contribution >= 4 is 0 Å². The van der Waals surface area contributed by atoms with E-state index >= 15 is 0 Å². The summed E-state index contributed by atoms with van der Waals surface area (Å²) < 4.78 is 0.765. The molecule has 0 fully saturated rings. The summed E-state index contributed by atoms with van der Waals surface area (Å²) in [4.78, 5) is 10.2. The van der Waals surface area contributed by atoms with E-state index in [9.17, 15) is 4.79 Å². The second-order valence-electron chi connectivity index (χ2n) is 1.33. The number of nitrogens with zero attached hydrogens (tertiary/aromatic N) is 1.